The Kier molecular flexibility index (Phi) is 7.60. The molecular weight excluding hydrogens is 456 g/mol. The van der Waals surface area contributed by atoms with Crippen LogP contribution in [0.15, 0.2) is 16.6 Å². The van der Waals surface area contributed by atoms with Crippen LogP contribution in [0.5, 0.6) is 5.75 Å². The first-order chi connectivity index (χ1) is 15.0. The summed E-state index contributed by atoms with van der Waals surface area (Å²) in [5.41, 5.74) is 1.85. The van der Waals surface area contributed by atoms with Gasteiger partial charge in [-0.3, -0.25) is 4.79 Å². The van der Waals surface area contributed by atoms with Crippen molar-refractivity contribution in [2.75, 3.05) is 26.7 Å². The molecule has 0 saturated heterocycles. The third-order valence-corrected chi connectivity index (χ3v) is 8.39. The maximum atomic E-state index is 13.4. The molecule has 2 fully saturated rings. The predicted molar refractivity (Wildman–Crippen MR) is 126 cm³/mol. The smallest absolute Gasteiger partial charge is 0.237 e. The molecule has 0 spiro atoms. The number of hydrogen-bond acceptors (Lipinski definition) is 4. The van der Waals surface area contributed by atoms with Crippen LogP contribution in [0.4, 0.5) is 0 Å². The highest BCUT2D eigenvalue weighted by Gasteiger charge is 2.39. The summed E-state index contributed by atoms with van der Waals surface area (Å²) in [6, 6.07) is 4.17. The summed E-state index contributed by atoms with van der Waals surface area (Å²) in [6.45, 7) is 1.54. The molecule has 0 radical (unpaired) electrons. The van der Waals surface area contributed by atoms with Crippen LogP contribution in [0.25, 0.3) is 0 Å². The van der Waals surface area contributed by atoms with Crippen molar-refractivity contribution in [3.63, 3.8) is 0 Å². The molecule has 1 unspecified atom stereocenters. The second-order valence-electron chi connectivity index (χ2n) is 9.71. The van der Waals surface area contributed by atoms with Gasteiger partial charge in [0.15, 0.2) is 0 Å². The van der Waals surface area contributed by atoms with E-state index in [1.54, 1.807) is 7.11 Å². The average Bonchev–Trinajstić information content (AvgIpc) is 2.79. The highest BCUT2D eigenvalue weighted by atomic mass is 79.9. The highest BCUT2D eigenvalue weighted by molar-refractivity contribution is 9.10. The van der Waals surface area contributed by atoms with Crippen molar-refractivity contribution in [3.05, 3.63) is 27.7 Å². The molecule has 2 N–H and O–H groups in total. The number of nitrogens with one attached hydrogen (secondary N) is 1. The second kappa shape index (κ2) is 10.2. The SMILES string of the molecule is COc1ccc(Br)c2c1C(C1CCCCC1)N(C(=O)CNCC1(O)CCCCC1)CC2. The van der Waals surface area contributed by atoms with Crippen molar-refractivity contribution in [2.24, 2.45) is 5.92 Å². The average molecular weight is 493 g/mol. The number of rotatable bonds is 6. The Morgan fingerprint density at radius 3 is 2.61 bits per heavy atom. The zero-order valence-corrected chi connectivity index (χ0v) is 20.4. The van der Waals surface area contributed by atoms with E-state index < -0.39 is 5.60 Å². The molecule has 1 aromatic carbocycles. The van der Waals surface area contributed by atoms with Crippen molar-refractivity contribution in [1.82, 2.24) is 10.2 Å². The van der Waals surface area contributed by atoms with Gasteiger partial charge in [-0.05, 0) is 55.7 Å². The number of hydrogen-bond donors (Lipinski definition) is 2. The molecule has 5 nitrogen and oxygen atoms in total. The summed E-state index contributed by atoms with van der Waals surface area (Å²) in [5, 5.41) is 14.1. The quantitative estimate of drug-likeness (QED) is 0.601. The molecule has 4 rings (SSSR count). The lowest BCUT2D eigenvalue weighted by atomic mass is 9.77. The topological polar surface area (TPSA) is 61.8 Å². The van der Waals surface area contributed by atoms with Gasteiger partial charge in [0.1, 0.15) is 5.75 Å². The molecule has 1 heterocycles. The number of carbonyl (C=O) groups is 1. The Hall–Kier alpha value is -1.11. The fourth-order valence-corrected chi connectivity index (χ4v) is 6.55. The number of ether oxygens (including phenoxy) is 1. The molecule has 0 aromatic heterocycles. The van der Waals surface area contributed by atoms with Crippen LogP contribution in [0.1, 0.15) is 81.4 Å². The summed E-state index contributed by atoms with van der Waals surface area (Å²) in [5.74, 6) is 1.51. The number of fused-ring (bicyclic) bond motifs is 1. The van der Waals surface area contributed by atoms with Crippen molar-refractivity contribution in [1.29, 1.82) is 0 Å². The van der Waals surface area contributed by atoms with E-state index in [0.29, 0.717) is 12.5 Å². The Balaban J connectivity index is 1.53. The van der Waals surface area contributed by atoms with Gasteiger partial charge in [0.2, 0.25) is 5.91 Å². The van der Waals surface area contributed by atoms with Gasteiger partial charge in [-0.15, -0.1) is 0 Å². The third kappa shape index (κ3) is 5.12. The fraction of sp³-hybridized carbons (Fsp3) is 0.720. The number of benzene rings is 1. The van der Waals surface area contributed by atoms with E-state index in [4.69, 9.17) is 4.74 Å². The van der Waals surface area contributed by atoms with Gasteiger partial charge in [0, 0.05) is 23.1 Å². The molecule has 172 valence electrons. The molecule has 0 bridgehead atoms. The number of aliphatic hydroxyl groups is 1. The van der Waals surface area contributed by atoms with E-state index >= 15 is 0 Å². The van der Waals surface area contributed by atoms with Crippen molar-refractivity contribution in [2.45, 2.75) is 82.3 Å². The van der Waals surface area contributed by atoms with Gasteiger partial charge in [0.05, 0.1) is 25.3 Å². The lowest BCUT2D eigenvalue weighted by Crippen LogP contribution is -2.49. The van der Waals surface area contributed by atoms with E-state index in [9.17, 15) is 9.90 Å². The summed E-state index contributed by atoms with van der Waals surface area (Å²) in [6.07, 6.45) is 12.0. The van der Waals surface area contributed by atoms with E-state index in [1.807, 2.05) is 6.07 Å². The van der Waals surface area contributed by atoms with Crippen LogP contribution in [-0.4, -0.2) is 48.3 Å². The first-order valence-corrected chi connectivity index (χ1v) is 12.9. The number of halogens is 1. The Bertz CT molecular complexity index is 772. The zero-order chi connectivity index (χ0) is 21.8. The van der Waals surface area contributed by atoms with Crippen LogP contribution in [0, 0.1) is 5.92 Å². The summed E-state index contributed by atoms with van der Waals surface area (Å²) < 4.78 is 6.90. The first kappa shape index (κ1) is 23.1. The second-order valence-corrected chi connectivity index (χ2v) is 10.6. The van der Waals surface area contributed by atoms with E-state index in [-0.39, 0.29) is 18.5 Å². The molecule has 2 aliphatic carbocycles. The maximum Gasteiger partial charge on any atom is 0.237 e. The Morgan fingerprint density at radius 1 is 1.19 bits per heavy atom. The van der Waals surface area contributed by atoms with Crippen LogP contribution in [-0.2, 0) is 11.2 Å². The molecule has 6 heteroatoms. The standard InChI is InChI=1S/C25H37BrN2O3/c1-31-21-11-10-20(26)19-12-15-28(24(23(19)21)18-8-4-2-5-9-18)22(29)16-27-17-25(30)13-6-3-7-14-25/h10-11,18,24,27,30H,2-9,12-17H2,1H3. The maximum absolute atomic E-state index is 13.4. The largest absolute Gasteiger partial charge is 0.496 e. The molecule has 3 aliphatic rings. The van der Waals surface area contributed by atoms with Gasteiger partial charge < -0.3 is 20.1 Å². The molecular formula is C25H37BrN2O3. The first-order valence-electron chi connectivity index (χ1n) is 12.1. The minimum absolute atomic E-state index is 0.0727. The third-order valence-electron chi connectivity index (χ3n) is 7.65. The van der Waals surface area contributed by atoms with Crippen molar-refractivity contribution in [3.8, 4) is 5.75 Å². The van der Waals surface area contributed by atoms with Crippen molar-refractivity contribution < 1.29 is 14.6 Å². The Labute approximate surface area is 195 Å². The van der Waals surface area contributed by atoms with E-state index in [2.05, 4.69) is 32.2 Å². The minimum Gasteiger partial charge on any atom is -0.496 e. The van der Waals surface area contributed by atoms with E-state index in [0.717, 1.165) is 61.7 Å². The van der Waals surface area contributed by atoms with E-state index in [1.165, 1.54) is 36.8 Å². The normalized spacial score (nSPS) is 24.0. The Morgan fingerprint density at radius 2 is 1.90 bits per heavy atom. The summed E-state index contributed by atoms with van der Waals surface area (Å²) >= 11 is 3.75. The lowest BCUT2D eigenvalue weighted by Gasteiger charge is -2.44. The monoisotopic (exact) mass is 492 g/mol. The van der Waals surface area contributed by atoms with Gasteiger partial charge in [-0.25, -0.2) is 0 Å². The van der Waals surface area contributed by atoms with Gasteiger partial charge in [-0.1, -0.05) is 54.5 Å². The zero-order valence-electron chi connectivity index (χ0n) is 18.8. The molecule has 31 heavy (non-hydrogen) atoms. The summed E-state index contributed by atoms with van der Waals surface area (Å²) in [7, 11) is 1.73. The number of methoxy groups -OCH3 is 1. The van der Waals surface area contributed by atoms with Crippen LogP contribution in [0.3, 0.4) is 0 Å². The highest BCUT2D eigenvalue weighted by Crippen LogP contribution is 2.47. The molecule has 1 aromatic rings. The number of carbonyl (C=O) groups excluding carboxylic acids is 1. The predicted octanol–water partition coefficient (Wildman–Crippen LogP) is 4.75. The van der Waals surface area contributed by atoms with Crippen LogP contribution in [0.2, 0.25) is 0 Å². The van der Waals surface area contributed by atoms with Gasteiger partial charge in [0.25, 0.3) is 0 Å². The molecule has 1 atom stereocenters. The van der Waals surface area contributed by atoms with Gasteiger partial charge in [-0.2, -0.15) is 0 Å². The molecule has 1 aliphatic heterocycles. The molecule has 2 saturated carbocycles. The number of amides is 1. The number of nitrogens with zero attached hydrogens (tertiary/aromatic N) is 1. The lowest BCUT2D eigenvalue weighted by molar-refractivity contribution is -0.135. The van der Waals surface area contributed by atoms with Crippen LogP contribution < -0.4 is 10.1 Å². The fourth-order valence-electron chi connectivity index (χ4n) is 6.01. The summed E-state index contributed by atoms with van der Waals surface area (Å²) in [4.78, 5) is 15.5. The van der Waals surface area contributed by atoms with Crippen molar-refractivity contribution >= 4 is 21.8 Å². The van der Waals surface area contributed by atoms with Crippen LogP contribution >= 0.6 is 15.9 Å². The minimum atomic E-state index is -0.649. The molecule has 1 amide bonds. The van der Waals surface area contributed by atoms with Gasteiger partial charge >= 0.3 is 0 Å².